The number of hydrogen-bond donors (Lipinski definition) is 2. The molecule has 0 aromatic carbocycles. The number of nitrogens with zero attached hydrogens (tertiary/aromatic N) is 4. The molecule has 0 aliphatic heterocycles. The van der Waals surface area contributed by atoms with Crippen molar-refractivity contribution >= 4 is 28.9 Å². The Kier molecular flexibility index (Phi) is 3.33. The number of aromatic nitrogens is 4. The van der Waals surface area contributed by atoms with Gasteiger partial charge in [0.1, 0.15) is 0 Å². The SMILES string of the molecule is [C-]#[N+]c1c(-c2cccn2C)n(CCN)c2c(=S)nc[nH]c12. The highest BCUT2D eigenvalue weighted by Gasteiger charge is 2.21. The van der Waals surface area contributed by atoms with Gasteiger partial charge in [0.2, 0.25) is 5.69 Å². The molecule has 0 amide bonds. The van der Waals surface area contributed by atoms with Crippen LogP contribution in [0.25, 0.3) is 27.3 Å². The van der Waals surface area contributed by atoms with E-state index in [4.69, 9.17) is 24.5 Å². The summed E-state index contributed by atoms with van der Waals surface area (Å²) in [6.45, 7) is 8.59. The van der Waals surface area contributed by atoms with Crippen molar-refractivity contribution in [3.63, 3.8) is 0 Å². The van der Waals surface area contributed by atoms with E-state index in [0.29, 0.717) is 23.4 Å². The molecule has 0 bridgehead atoms. The van der Waals surface area contributed by atoms with E-state index in [1.54, 1.807) is 0 Å². The molecule has 7 heteroatoms. The first-order valence-corrected chi connectivity index (χ1v) is 6.89. The van der Waals surface area contributed by atoms with Crippen LogP contribution >= 0.6 is 12.2 Å². The third-order valence-corrected chi connectivity index (χ3v) is 3.78. The van der Waals surface area contributed by atoms with Crippen molar-refractivity contribution in [1.29, 1.82) is 0 Å². The number of nitrogens with two attached hydrogens (primary N) is 1. The summed E-state index contributed by atoms with van der Waals surface area (Å²) in [5.41, 5.74) is 9.55. The molecule has 0 radical (unpaired) electrons. The van der Waals surface area contributed by atoms with Crippen LogP contribution in [0, 0.1) is 11.2 Å². The van der Waals surface area contributed by atoms with E-state index in [0.717, 1.165) is 22.4 Å². The Bertz CT molecular complexity index is 908. The van der Waals surface area contributed by atoms with Crippen LogP contribution in [-0.2, 0) is 13.6 Å². The summed E-state index contributed by atoms with van der Waals surface area (Å²) in [6.07, 6.45) is 3.48. The van der Waals surface area contributed by atoms with Crippen LogP contribution in [0.3, 0.4) is 0 Å². The predicted molar refractivity (Wildman–Crippen MR) is 84.6 cm³/mol. The second-order valence-electron chi connectivity index (χ2n) is 4.68. The Labute approximate surface area is 126 Å². The van der Waals surface area contributed by atoms with Gasteiger partial charge in [-0.15, -0.1) is 0 Å². The van der Waals surface area contributed by atoms with Gasteiger partial charge in [0.15, 0.2) is 4.64 Å². The highest BCUT2D eigenvalue weighted by molar-refractivity contribution is 7.71. The zero-order valence-corrected chi connectivity index (χ0v) is 12.3. The molecule has 3 rings (SSSR count). The van der Waals surface area contributed by atoms with Crippen LogP contribution < -0.4 is 5.73 Å². The monoisotopic (exact) mass is 298 g/mol. The van der Waals surface area contributed by atoms with Gasteiger partial charge in [0.25, 0.3) is 0 Å². The Morgan fingerprint density at radius 2 is 2.33 bits per heavy atom. The van der Waals surface area contributed by atoms with Crippen molar-refractivity contribution in [2.24, 2.45) is 12.8 Å². The Balaban J connectivity index is 2.51. The summed E-state index contributed by atoms with van der Waals surface area (Å²) in [5, 5.41) is 0. The number of rotatable bonds is 3. The van der Waals surface area contributed by atoms with Gasteiger partial charge in [-0.25, -0.2) is 9.83 Å². The van der Waals surface area contributed by atoms with Crippen molar-refractivity contribution in [3.05, 3.63) is 40.7 Å². The predicted octanol–water partition coefficient (Wildman–Crippen LogP) is 2.61. The molecule has 0 aliphatic carbocycles. The van der Waals surface area contributed by atoms with Crippen molar-refractivity contribution in [2.45, 2.75) is 6.54 Å². The van der Waals surface area contributed by atoms with E-state index in [2.05, 4.69) is 14.8 Å². The zero-order valence-electron chi connectivity index (χ0n) is 11.5. The average molecular weight is 298 g/mol. The quantitative estimate of drug-likeness (QED) is 0.577. The van der Waals surface area contributed by atoms with Crippen LogP contribution in [-0.4, -0.2) is 25.6 Å². The summed E-state index contributed by atoms with van der Waals surface area (Å²) in [5.74, 6) is 0. The van der Waals surface area contributed by atoms with E-state index < -0.39 is 0 Å². The lowest BCUT2D eigenvalue weighted by Crippen LogP contribution is -2.11. The number of aromatic amines is 1. The molecule has 0 spiro atoms. The minimum absolute atomic E-state index is 0.461. The molecule has 3 aromatic rings. The zero-order chi connectivity index (χ0) is 15.0. The normalized spacial score (nSPS) is 10.9. The Hall–Kier alpha value is -2.43. The molecular formula is C14H14N6S. The molecule has 3 heterocycles. The third kappa shape index (κ3) is 1.96. The summed E-state index contributed by atoms with van der Waals surface area (Å²) in [6, 6.07) is 3.93. The first-order valence-electron chi connectivity index (χ1n) is 6.48. The smallest absolute Gasteiger partial charge is 0.237 e. The summed E-state index contributed by atoms with van der Waals surface area (Å²) in [4.78, 5) is 10.9. The van der Waals surface area contributed by atoms with Crippen molar-refractivity contribution < 1.29 is 0 Å². The molecule has 0 saturated carbocycles. The number of fused-ring (bicyclic) bond motifs is 1. The molecule has 21 heavy (non-hydrogen) atoms. The van der Waals surface area contributed by atoms with E-state index in [-0.39, 0.29) is 0 Å². The molecular weight excluding hydrogens is 284 g/mol. The minimum Gasteiger partial charge on any atom is -0.354 e. The fraction of sp³-hybridized carbons (Fsp3) is 0.214. The van der Waals surface area contributed by atoms with Crippen molar-refractivity contribution in [1.82, 2.24) is 19.1 Å². The number of nitrogens with one attached hydrogen (secondary N) is 1. The highest BCUT2D eigenvalue weighted by atomic mass is 32.1. The van der Waals surface area contributed by atoms with Crippen LogP contribution in [0.1, 0.15) is 0 Å². The largest absolute Gasteiger partial charge is 0.354 e. The third-order valence-electron chi connectivity index (χ3n) is 3.48. The maximum Gasteiger partial charge on any atom is 0.237 e. The maximum absolute atomic E-state index is 7.55. The highest BCUT2D eigenvalue weighted by Crippen LogP contribution is 2.39. The number of aryl methyl sites for hydroxylation is 1. The van der Waals surface area contributed by atoms with Gasteiger partial charge >= 0.3 is 0 Å². The van der Waals surface area contributed by atoms with Crippen LogP contribution in [0.15, 0.2) is 24.7 Å². The van der Waals surface area contributed by atoms with Crippen molar-refractivity contribution in [3.8, 4) is 11.4 Å². The fourth-order valence-corrected chi connectivity index (χ4v) is 2.87. The Morgan fingerprint density at radius 1 is 1.52 bits per heavy atom. The van der Waals surface area contributed by atoms with Gasteiger partial charge in [-0.05, 0) is 12.1 Å². The fourth-order valence-electron chi connectivity index (χ4n) is 2.61. The van der Waals surface area contributed by atoms with Crippen LogP contribution in [0.2, 0.25) is 0 Å². The Morgan fingerprint density at radius 3 is 2.95 bits per heavy atom. The average Bonchev–Trinajstić information content (AvgIpc) is 3.01. The molecule has 0 atom stereocenters. The summed E-state index contributed by atoms with van der Waals surface area (Å²) < 4.78 is 4.44. The van der Waals surface area contributed by atoms with E-state index >= 15 is 0 Å². The maximum atomic E-state index is 7.55. The van der Waals surface area contributed by atoms with E-state index in [1.807, 2.05) is 34.5 Å². The van der Waals surface area contributed by atoms with E-state index in [9.17, 15) is 0 Å². The first kappa shape index (κ1) is 13.5. The second kappa shape index (κ2) is 5.16. The standard InChI is InChI=1S/C14H14N6S/c1-16-10-11-13(14(21)18-8-17-11)20(7-5-15)12(10)9-4-3-6-19(9)2/h3-4,6,8H,5,7,15H2,2H3,(H,17,18,21). The number of hydrogen-bond acceptors (Lipinski definition) is 3. The first-order chi connectivity index (χ1) is 10.2. The molecule has 106 valence electrons. The van der Waals surface area contributed by atoms with Gasteiger partial charge in [0, 0.05) is 26.3 Å². The second-order valence-corrected chi connectivity index (χ2v) is 5.07. The molecule has 0 saturated heterocycles. The van der Waals surface area contributed by atoms with Gasteiger partial charge in [0.05, 0.1) is 35.3 Å². The lowest BCUT2D eigenvalue weighted by molar-refractivity contribution is 0.734. The molecule has 0 fully saturated rings. The van der Waals surface area contributed by atoms with Gasteiger partial charge in [-0.1, -0.05) is 12.2 Å². The van der Waals surface area contributed by atoms with Crippen LogP contribution in [0.5, 0.6) is 0 Å². The lowest BCUT2D eigenvalue weighted by Gasteiger charge is -2.11. The molecule has 6 nitrogen and oxygen atoms in total. The molecule has 0 aliphatic rings. The molecule has 3 N–H and O–H groups in total. The molecule has 0 unspecified atom stereocenters. The van der Waals surface area contributed by atoms with Gasteiger partial charge in [-0.3, -0.25) is 0 Å². The lowest BCUT2D eigenvalue weighted by atomic mass is 10.2. The molecule has 3 aromatic heterocycles. The minimum atomic E-state index is 0.461. The number of H-pyrrole nitrogens is 1. The summed E-state index contributed by atoms with van der Waals surface area (Å²) in [7, 11) is 1.95. The topological polar surface area (TPSA) is 68.9 Å². The van der Waals surface area contributed by atoms with Crippen LogP contribution in [0.4, 0.5) is 5.69 Å². The van der Waals surface area contributed by atoms with Crippen molar-refractivity contribution in [2.75, 3.05) is 6.54 Å². The summed E-state index contributed by atoms with van der Waals surface area (Å²) >= 11 is 5.34. The van der Waals surface area contributed by atoms with Gasteiger partial charge in [-0.2, -0.15) is 0 Å². The van der Waals surface area contributed by atoms with E-state index in [1.165, 1.54) is 6.33 Å². The van der Waals surface area contributed by atoms with Gasteiger partial charge < -0.3 is 19.9 Å².